The van der Waals surface area contributed by atoms with Gasteiger partial charge < -0.3 is 5.32 Å². The van der Waals surface area contributed by atoms with Gasteiger partial charge in [-0.15, -0.1) is 0 Å². The van der Waals surface area contributed by atoms with E-state index in [1.54, 1.807) is 12.4 Å². The third-order valence-electron chi connectivity index (χ3n) is 3.25. The number of carbonyl (C=O) groups is 1. The Balaban J connectivity index is 1.98. The average molecular weight is 298 g/mol. The van der Waals surface area contributed by atoms with Gasteiger partial charge in [0.1, 0.15) is 6.33 Å². The molecule has 4 nitrogen and oxygen atoms in total. The highest BCUT2D eigenvalue weighted by molar-refractivity contribution is 9.09. The molecule has 1 saturated carbocycles. The maximum Gasteiger partial charge on any atom is 0.254 e. The van der Waals surface area contributed by atoms with Gasteiger partial charge in [-0.3, -0.25) is 4.79 Å². The van der Waals surface area contributed by atoms with E-state index in [0.29, 0.717) is 11.5 Å². The first-order valence-corrected chi connectivity index (χ1v) is 7.05. The Kier molecular flexibility index (Phi) is 4.48. The summed E-state index contributed by atoms with van der Waals surface area (Å²) in [6.07, 6.45) is 9.23. The van der Waals surface area contributed by atoms with Gasteiger partial charge in [0.05, 0.1) is 5.56 Å². The summed E-state index contributed by atoms with van der Waals surface area (Å²) in [6, 6.07) is 0.274. The number of alkyl halides is 1. The molecule has 0 bridgehead atoms. The summed E-state index contributed by atoms with van der Waals surface area (Å²) in [4.78, 5) is 19.7. The van der Waals surface area contributed by atoms with Crippen LogP contribution in [0.4, 0.5) is 0 Å². The number of amides is 1. The molecule has 1 aromatic rings. The standard InChI is InChI=1S/C12H16BrN3O/c13-5-9-3-1-2-4-11(9)16-12(17)10-6-14-8-15-7-10/h6-9,11H,1-5H2,(H,16,17). The predicted molar refractivity (Wildman–Crippen MR) is 69.0 cm³/mol. The number of aromatic nitrogens is 2. The van der Waals surface area contributed by atoms with Crippen LogP contribution in [0.2, 0.25) is 0 Å². The lowest BCUT2D eigenvalue weighted by molar-refractivity contribution is 0.0911. The first-order valence-electron chi connectivity index (χ1n) is 5.93. The van der Waals surface area contributed by atoms with E-state index in [1.165, 1.54) is 25.6 Å². The lowest BCUT2D eigenvalue weighted by Gasteiger charge is -2.30. The zero-order valence-corrected chi connectivity index (χ0v) is 11.2. The normalized spacial score (nSPS) is 24.3. The van der Waals surface area contributed by atoms with Crippen molar-refractivity contribution >= 4 is 21.8 Å². The molecule has 92 valence electrons. The molecule has 5 heteroatoms. The van der Waals surface area contributed by atoms with E-state index in [4.69, 9.17) is 0 Å². The Morgan fingerprint density at radius 2 is 2.06 bits per heavy atom. The van der Waals surface area contributed by atoms with E-state index in [2.05, 4.69) is 31.2 Å². The van der Waals surface area contributed by atoms with E-state index in [9.17, 15) is 4.79 Å². The van der Waals surface area contributed by atoms with E-state index >= 15 is 0 Å². The number of hydrogen-bond donors (Lipinski definition) is 1. The summed E-state index contributed by atoms with van der Waals surface area (Å²) in [5.41, 5.74) is 0.534. The van der Waals surface area contributed by atoms with Crippen molar-refractivity contribution in [2.75, 3.05) is 5.33 Å². The predicted octanol–water partition coefficient (Wildman–Crippen LogP) is 2.16. The van der Waals surface area contributed by atoms with Crippen LogP contribution in [0.1, 0.15) is 36.0 Å². The van der Waals surface area contributed by atoms with Crippen molar-refractivity contribution in [2.45, 2.75) is 31.7 Å². The zero-order valence-electron chi connectivity index (χ0n) is 9.60. The third kappa shape index (κ3) is 3.25. The average Bonchev–Trinajstić information content (AvgIpc) is 2.40. The maximum atomic E-state index is 12.0. The Bertz CT molecular complexity index is 371. The van der Waals surface area contributed by atoms with Crippen molar-refractivity contribution in [1.29, 1.82) is 0 Å². The van der Waals surface area contributed by atoms with Crippen LogP contribution in [0.25, 0.3) is 0 Å². The van der Waals surface area contributed by atoms with Gasteiger partial charge in [0, 0.05) is 23.8 Å². The topological polar surface area (TPSA) is 54.9 Å². The highest BCUT2D eigenvalue weighted by Crippen LogP contribution is 2.26. The number of rotatable bonds is 3. The summed E-state index contributed by atoms with van der Waals surface area (Å²) in [5.74, 6) is 0.473. The van der Waals surface area contributed by atoms with Crippen LogP contribution in [-0.4, -0.2) is 27.2 Å². The SMILES string of the molecule is O=C(NC1CCCCC1CBr)c1cncnc1. The molecule has 2 unspecified atom stereocenters. The molecule has 2 atom stereocenters. The minimum absolute atomic E-state index is 0.0662. The second-order valence-corrected chi connectivity index (χ2v) is 5.05. The first kappa shape index (κ1) is 12.5. The molecule has 0 spiro atoms. The summed E-state index contributed by atoms with van der Waals surface area (Å²) < 4.78 is 0. The minimum Gasteiger partial charge on any atom is -0.349 e. The number of halogens is 1. The van der Waals surface area contributed by atoms with Crippen molar-refractivity contribution in [2.24, 2.45) is 5.92 Å². The lowest BCUT2D eigenvalue weighted by atomic mass is 9.86. The number of nitrogens with zero attached hydrogens (tertiary/aromatic N) is 2. The molecule has 1 aliphatic carbocycles. The molecule has 1 aliphatic rings. The number of nitrogens with one attached hydrogen (secondary N) is 1. The van der Waals surface area contributed by atoms with Crippen LogP contribution in [0.3, 0.4) is 0 Å². The minimum atomic E-state index is -0.0662. The van der Waals surface area contributed by atoms with Gasteiger partial charge in [0.25, 0.3) is 5.91 Å². The van der Waals surface area contributed by atoms with Crippen LogP contribution in [0.15, 0.2) is 18.7 Å². The van der Waals surface area contributed by atoms with E-state index in [1.807, 2.05) is 0 Å². The Morgan fingerprint density at radius 1 is 1.35 bits per heavy atom. The Morgan fingerprint density at radius 3 is 2.76 bits per heavy atom. The van der Waals surface area contributed by atoms with Crippen molar-refractivity contribution in [3.8, 4) is 0 Å². The first-order chi connectivity index (χ1) is 8.31. The largest absolute Gasteiger partial charge is 0.349 e. The summed E-state index contributed by atoms with van der Waals surface area (Å²) in [5, 5.41) is 4.03. The van der Waals surface area contributed by atoms with Crippen LogP contribution >= 0.6 is 15.9 Å². The van der Waals surface area contributed by atoms with Gasteiger partial charge in [0.2, 0.25) is 0 Å². The van der Waals surface area contributed by atoms with Crippen LogP contribution < -0.4 is 5.32 Å². The molecular weight excluding hydrogens is 282 g/mol. The van der Waals surface area contributed by atoms with Crippen LogP contribution in [0, 0.1) is 5.92 Å². The van der Waals surface area contributed by atoms with Crippen LogP contribution in [0.5, 0.6) is 0 Å². The number of hydrogen-bond acceptors (Lipinski definition) is 3. The van der Waals surface area contributed by atoms with Gasteiger partial charge >= 0.3 is 0 Å². The fraction of sp³-hybridized carbons (Fsp3) is 0.583. The van der Waals surface area contributed by atoms with Crippen molar-refractivity contribution in [3.63, 3.8) is 0 Å². The third-order valence-corrected chi connectivity index (χ3v) is 4.08. The van der Waals surface area contributed by atoms with Crippen molar-refractivity contribution < 1.29 is 4.79 Å². The Hall–Kier alpha value is -0.970. The molecule has 1 heterocycles. The van der Waals surface area contributed by atoms with Gasteiger partial charge in [0.15, 0.2) is 0 Å². The highest BCUT2D eigenvalue weighted by atomic mass is 79.9. The lowest BCUT2D eigenvalue weighted by Crippen LogP contribution is -2.42. The Labute approximate surface area is 109 Å². The maximum absolute atomic E-state index is 12.0. The quantitative estimate of drug-likeness (QED) is 0.870. The molecule has 0 saturated heterocycles. The molecule has 1 N–H and O–H groups in total. The fourth-order valence-electron chi connectivity index (χ4n) is 2.25. The molecule has 0 radical (unpaired) electrons. The van der Waals surface area contributed by atoms with Gasteiger partial charge in [-0.2, -0.15) is 0 Å². The van der Waals surface area contributed by atoms with Gasteiger partial charge in [-0.05, 0) is 18.8 Å². The summed E-state index contributed by atoms with van der Waals surface area (Å²) in [6.45, 7) is 0. The summed E-state index contributed by atoms with van der Waals surface area (Å²) >= 11 is 3.52. The fourth-order valence-corrected chi connectivity index (χ4v) is 3.03. The molecule has 0 aliphatic heterocycles. The van der Waals surface area contributed by atoms with Crippen LogP contribution in [-0.2, 0) is 0 Å². The molecule has 0 aromatic carbocycles. The van der Waals surface area contributed by atoms with E-state index in [-0.39, 0.29) is 11.9 Å². The monoisotopic (exact) mass is 297 g/mol. The number of carbonyl (C=O) groups excluding carboxylic acids is 1. The van der Waals surface area contributed by atoms with Crippen molar-refractivity contribution in [1.82, 2.24) is 15.3 Å². The molecule has 1 amide bonds. The van der Waals surface area contributed by atoms with E-state index in [0.717, 1.165) is 11.8 Å². The van der Waals surface area contributed by atoms with Gasteiger partial charge in [-0.25, -0.2) is 9.97 Å². The summed E-state index contributed by atoms with van der Waals surface area (Å²) in [7, 11) is 0. The molecule has 1 fully saturated rings. The highest BCUT2D eigenvalue weighted by Gasteiger charge is 2.25. The smallest absolute Gasteiger partial charge is 0.254 e. The zero-order chi connectivity index (χ0) is 12.1. The molecule has 1 aromatic heterocycles. The second-order valence-electron chi connectivity index (χ2n) is 4.41. The molecule has 2 rings (SSSR count). The van der Waals surface area contributed by atoms with Gasteiger partial charge in [-0.1, -0.05) is 28.8 Å². The van der Waals surface area contributed by atoms with Crippen molar-refractivity contribution in [3.05, 3.63) is 24.3 Å². The second kappa shape index (κ2) is 6.10. The molecule has 17 heavy (non-hydrogen) atoms. The molecular formula is C12H16BrN3O. The van der Waals surface area contributed by atoms with E-state index < -0.39 is 0 Å².